The zero-order valence-electron chi connectivity index (χ0n) is 19.1. The van der Waals surface area contributed by atoms with Gasteiger partial charge in [-0.25, -0.2) is 0 Å². The van der Waals surface area contributed by atoms with E-state index in [-0.39, 0.29) is 11.6 Å². The Labute approximate surface area is 216 Å². The van der Waals surface area contributed by atoms with Crippen LogP contribution in [0, 0.1) is 34.6 Å². The quantitative estimate of drug-likeness (QED) is 0.210. The molecule has 0 radical (unpaired) electrons. The average Bonchev–Trinajstić information content (AvgIpc) is 3.59. The first kappa shape index (κ1) is 21.1. The summed E-state index contributed by atoms with van der Waals surface area (Å²) in [6.07, 6.45) is 0. The predicted octanol–water partition coefficient (Wildman–Crippen LogP) is 9.44. The van der Waals surface area contributed by atoms with Gasteiger partial charge in [-0.1, -0.05) is 0 Å². The Morgan fingerprint density at radius 2 is 1.32 bits per heavy atom. The predicted molar refractivity (Wildman–Crippen MR) is 151 cm³/mol. The van der Waals surface area contributed by atoms with Crippen LogP contribution in [0.25, 0.3) is 40.0 Å². The van der Waals surface area contributed by atoms with E-state index in [9.17, 15) is 9.59 Å². The van der Waals surface area contributed by atoms with Crippen LogP contribution in [0.3, 0.4) is 0 Å². The van der Waals surface area contributed by atoms with E-state index in [1.165, 1.54) is 68.6 Å². The minimum absolute atomic E-state index is 0.0125. The summed E-state index contributed by atoms with van der Waals surface area (Å²) < 4.78 is 3.80. The lowest BCUT2D eigenvalue weighted by Gasteiger charge is -2.11. The van der Waals surface area contributed by atoms with Crippen molar-refractivity contribution in [2.24, 2.45) is 0 Å². The number of thiophene rings is 5. The van der Waals surface area contributed by atoms with Crippen molar-refractivity contribution in [2.75, 3.05) is 0 Å². The molecule has 7 rings (SSSR count). The van der Waals surface area contributed by atoms with Crippen molar-refractivity contribution in [3.05, 3.63) is 64.8 Å². The number of ketones is 2. The molecule has 7 heteroatoms. The summed E-state index contributed by atoms with van der Waals surface area (Å²) in [7, 11) is 0. The highest BCUT2D eigenvalue weighted by atomic mass is 32.1. The Bertz CT molecular complexity index is 1840. The molecule has 2 nitrogen and oxygen atoms in total. The zero-order chi connectivity index (χ0) is 23.6. The molecule has 0 amide bonds. The molecule has 1 aliphatic rings. The fourth-order valence-electron chi connectivity index (χ4n) is 5.21. The number of hydrogen-bond donors (Lipinski definition) is 0. The van der Waals surface area contributed by atoms with Crippen molar-refractivity contribution in [2.45, 2.75) is 34.6 Å². The second kappa shape index (κ2) is 6.95. The SMILES string of the molecule is Cc1cc2c(C)c3sc(-c4sc(C)c5c6c(sc45)C(=O)c4c(C)csc4C6=O)cc3c(C)c2s1. The number of carbonyl (C=O) groups is 2. The zero-order valence-corrected chi connectivity index (χ0v) is 23.2. The number of rotatable bonds is 1. The molecule has 0 fully saturated rings. The third-order valence-corrected chi connectivity index (χ3v) is 13.0. The van der Waals surface area contributed by atoms with Gasteiger partial charge in [0, 0.05) is 35.0 Å². The largest absolute Gasteiger partial charge is 0.288 e. The van der Waals surface area contributed by atoms with Crippen molar-refractivity contribution in [1.82, 2.24) is 0 Å². The highest BCUT2D eigenvalue weighted by molar-refractivity contribution is 7.32. The van der Waals surface area contributed by atoms with Crippen molar-refractivity contribution in [3.8, 4) is 9.75 Å². The van der Waals surface area contributed by atoms with Crippen molar-refractivity contribution < 1.29 is 9.59 Å². The van der Waals surface area contributed by atoms with E-state index in [1.54, 1.807) is 11.3 Å². The summed E-state index contributed by atoms with van der Waals surface area (Å²) >= 11 is 8.36. The lowest BCUT2D eigenvalue weighted by Crippen LogP contribution is -2.17. The summed E-state index contributed by atoms with van der Waals surface area (Å²) in [5.74, 6) is 0.0265. The minimum Gasteiger partial charge on any atom is -0.288 e. The molecule has 5 aromatic heterocycles. The van der Waals surface area contributed by atoms with E-state index < -0.39 is 0 Å². The van der Waals surface area contributed by atoms with Crippen LogP contribution < -0.4 is 0 Å². The molecular formula is C27H18O2S5. The van der Waals surface area contributed by atoms with Gasteiger partial charge in [-0.05, 0) is 79.6 Å². The summed E-state index contributed by atoms with van der Waals surface area (Å²) in [5.41, 5.74) is 4.83. The van der Waals surface area contributed by atoms with Gasteiger partial charge in [-0.2, -0.15) is 0 Å². The van der Waals surface area contributed by atoms with E-state index in [1.807, 2.05) is 35.0 Å². The maximum atomic E-state index is 13.5. The molecule has 6 aromatic rings. The van der Waals surface area contributed by atoms with Gasteiger partial charge in [0.25, 0.3) is 0 Å². The van der Waals surface area contributed by atoms with Gasteiger partial charge in [0.2, 0.25) is 11.6 Å². The minimum atomic E-state index is 0.0125. The maximum Gasteiger partial charge on any atom is 0.205 e. The smallest absolute Gasteiger partial charge is 0.205 e. The highest BCUT2D eigenvalue weighted by Gasteiger charge is 2.37. The first-order valence-electron chi connectivity index (χ1n) is 10.9. The average molecular weight is 535 g/mol. The highest BCUT2D eigenvalue weighted by Crippen LogP contribution is 2.52. The Morgan fingerprint density at radius 3 is 2.09 bits per heavy atom. The van der Waals surface area contributed by atoms with Gasteiger partial charge < -0.3 is 0 Å². The summed E-state index contributed by atoms with van der Waals surface area (Å²) in [6, 6.07) is 4.63. The molecule has 0 spiro atoms. The van der Waals surface area contributed by atoms with Crippen LogP contribution >= 0.6 is 56.7 Å². The molecule has 34 heavy (non-hydrogen) atoms. The van der Waals surface area contributed by atoms with Gasteiger partial charge in [0.15, 0.2) is 0 Å². The maximum absolute atomic E-state index is 13.5. The Morgan fingerprint density at radius 1 is 0.647 bits per heavy atom. The summed E-state index contributed by atoms with van der Waals surface area (Å²) in [4.78, 5) is 33.0. The van der Waals surface area contributed by atoms with E-state index in [2.05, 4.69) is 39.8 Å². The second-order valence-corrected chi connectivity index (χ2v) is 14.4. The van der Waals surface area contributed by atoms with Crippen LogP contribution in [0.4, 0.5) is 0 Å². The monoisotopic (exact) mass is 534 g/mol. The number of aryl methyl sites for hydroxylation is 5. The van der Waals surface area contributed by atoms with Gasteiger partial charge in [-0.15, -0.1) is 56.7 Å². The van der Waals surface area contributed by atoms with Crippen molar-refractivity contribution in [3.63, 3.8) is 0 Å². The molecule has 0 saturated heterocycles. The number of benzene rings is 1. The third-order valence-electron chi connectivity index (χ3n) is 6.86. The van der Waals surface area contributed by atoms with Crippen LogP contribution in [0.2, 0.25) is 0 Å². The van der Waals surface area contributed by atoms with Crippen LogP contribution in [0.5, 0.6) is 0 Å². The molecule has 0 saturated carbocycles. The second-order valence-electron chi connectivity index (χ2n) is 8.98. The van der Waals surface area contributed by atoms with Crippen LogP contribution in [0.15, 0.2) is 17.5 Å². The summed E-state index contributed by atoms with van der Waals surface area (Å²) in [6.45, 7) is 10.6. The van der Waals surface area contributed by atoms with Gasteiger partial charge in [0.05, 0.1) is 24.9 Å². The lowest BCUT2D eigenvalue weighted by molar-refractivity contribution is 0.0986. The third kappa shape index (κ3) is 2.54. The van der Waals surface area contributed by atoms with E-state index in [0.29, 0.717) is 20.9 Å². The Kier molecular flexibility index (Phi) is 4.33. The fraction of sp³-hybridized carbons (Fsp3) is 0.185. The normalized spacial score (nSPS) is 13.6. The molecule has 0 bridgehead atoms. The molecule has 0 N–H and O–H groups in total. The molecule has 5 heterocycles. The number of fused-ring (bicyclic) bond motifs is 6. The molecule has 0 unspecified atom stereocenters. The van der Waals surface area contributed by atoms with Crippen molar-refractivity contribution >= 4 is 98.5 Å². The molecule has 1 aliphatic carbocycles. The molecule has 168 valence electrons. The fourth-order valence-corrected chi connectivity index (χ4v) is 11.3. The molecule has 0 atom stereocenters. The first-order chi connectivity index (χ1) is 16.3. The van der Waals surface area contributed by atoms with E-state index >= 15 is 0 Å². The number of hydrogen-bond acceptors (Lipinski definition) is 7. The summed E-state index contributed by atoms with van der Waals surface area (Å²) in [5, 5.41) is 5.58. The molecule has 1 aromatic carbocycles. The Hall–Kier alpha value is -2.16. The number of carbonyl (C=O) groups excluding carboxylic acids is 2. The van der Waals surface area contributed by atoms with E-state index in [4.69, 9.17) is 0 Å². The molecule has 0 aliphatic heterocycles. The van der Waals surface area contributed by atoms with Crippen molar-refractivity contribution in [1.29, 1.82) is 0 Å². The standard InChI is InChI=1S/C27H18O2S5/c1-9-8-30-25-17(9)20(28)26-19(21(25)29)18-13(5)32-24(27(18)34-26)16-7-15-12(4)22-14(6-10(2)31-22)11(3)23(15)33-16/h6-8H,1-5H3. The lowest BCUT2D eigenvalue weighted by atomic mass is 9.91. The van der Waals surface area contributed by atoms with Crippen LogP contribution in [-0.4, -0.2) is 11.6 Å². The van der Waals surface area contributed by atoms with Crippen LogP contribution in [0.1, 0.15) is 56.9 Å². The van der Waals surface area contributed by atoms with Gasteiger partial charge in [0.1, 0.15) is 0 Å². The first-order valence-corrected chi connectivity index (χ1v) is 15.1. The van der Waals surface area contributed by atoms with E-state index in [0.717, 1.165) is 20.5 Å². The Balaban J connectivity index is 1.50. The molecular weight excluding hydrogens is 517 g/mol. The van der Waals surface area contributed by atoms with Crippen LogP contribution in [-0.2, 0) is 0 Å². The topological polar surface area (TPSA) is 34.1 Å². The van der Waals surface area contributed by atoms with Gasteiger partial charge in [-0.3, -0.25) is 9.59 Å². The van der Waals surface area contributed by atoms with Gasteiger partial charge >= 0.3 is 0 Å².